The zero-order valence-electron chi connectivity index (χ0n) is 10.1. The molecule has 1 saturated carbocycles. The number of halogens is 1. The van der Waals surface area contributed by atoms with Crippen molar-refractivity contribution in [1.29, 1.82) is 0 Å². The Morgan fingerprint density at radius 1 is 1.25 bits per heavy atom. The monoisotopic (exact) mass is 246 g/mol. The number of piperidine rings is 1. The largest absolute Gasteiger partial charge is 0.342 e. The molecule has 1 heterocycles. The molecule has 3 nitrogen and oxygen atoms in total. The van der Waals surface area contributed by atoms with Crippen LogP contribution in [0.25, 0.3) is 0 Å². The van der Waals surface area contributed by atoms with Crippen molar-refractivity contribution in [3.63, 3.8) is 0 Å². The number of carbonyl (C=O) groups excluding carboxylic acids is 1. The lowest BCUT2D eigenvalue weighted by Gasteiger charge is -2.30. The summed E-state index contributed by atoms with van der Waals surface area (Å²) in [5, 5.41) is 3.26. The number of likely N-dealkylation sites (tertiary alicyclic amines) is 1. The van der Waals surface area contributed by atoms with Crippen LogP contribution in [-0.2, 0) is 4.79 Å². The molecule has 1 aliphatic carbocycles. The van der Waals surface area contributed by atoms with Crippen LogP contribution in [0.1, 0.15) is 32.6 Å². The predicted octanol–water partition coefficient (Wildman–Crippen LogP) is 1.67. The Morgan fingerprint density at radius 2 is 1.88 bits per heavy atom. The fraction of sp³-hybridized carbons (Fsp3) is 0.917. The number of nitrogens with zero attached hydrogens (tertiary/aromatic N) is 1. The average molecular weight is 247 g/mol. The maximum atomic E-state index is 11.8. The Bertz CT molecular complexity index is 223. The van der Waals surface area contributed by atoms with Gasteiger partial charge in [-0.15, -0.1) is 12.4 Å². The fourth-order valence-corrected chi connectivity index (χ4v) is 2.07. The molecular formula is C12H23ClN2O. The van der Waals surface area contributed by atoms with E-state index in [0.29, 0.717) is 12.5 Å². The molecule has 1 saturated heterocycles. The zero-order chi connectivity index (χ0) is 10.7. The van der Waals surface area contributed by atoms with E-state index in [2.05, 4.69) is 12.2 Å². The molecule has 2 rings (SSSR count). The molecule has 0 aromatic rings. The summed E-state index contributed by atoms with van der Waals surface area (Å²) < 4.78 is 0. The second-order valence-electron chi connectivity index (χ2n) is 5.14. The molecule has 1 aliphatic heterocycles. The van der Waals surface area contributed by atoms with Gasteiger partial charge in [0.05, 0.1) is 6.54 Å². The van der Waals surface area contributed by atoms with Gasteiger partial charge in [0.15, 0.2) is 0 Å². The molecule has 0 aromatic carbocycles. The Balaban J connectivity index is 0.00000128. The van der Waals surface area contributed by atoms with Gasteiger partial charge in [-0.3, -0.25) is 4.79 Å². The maximum Gasteiger partial charge on any atom is 0.236 e. The summed E-state index contributed by atoms with van der Waals surface area (Å²) in [5.74, 6) is 1.95. The normalized spacial score (nSPS) is 21.7. The van der Waals surface area contributed by atoms with Crippen LogP contribution >= 0.6 is 12.4 Å². The topological polar surface area (TPSA) is 32.3 Å². The maximum absolute atomic E-state index is 11.8. The number of carbonyl (C=O) groups is 1. The highest BCUT2D eigenvalue weighted by molar-refractivity contribution is 5.85. The van der Waals surface area contributed by atoms with E-state index in [0.717, 1.165) is 31.5 Å². The number of hydrogen-bond donors (Lipinski definition) is 1. The van der Waals surface area contributed by atoms with Crippen LogP contribution in [0.3, 0.4) is 0 Å². The van der Waals surface area contributed by atoms with Crippen LogP contribution < -0.4 is 5.32 Å². The third-order valence-corrected chi connectivity index (χ3v) is 3.54. The molecule has 1 N–H and O–H groups in total. The van der Waals surface area contributed by atoms with Crippen LogP contribution in [0.5, 0.6) is 0 Å². The summed E-state index contributed by atoms with van der Waals surface area (Å²) in [4.78, 5) is 13.8. The molecular weight excluding hydrogens is 224 g/mol. The quantitative estimate of drug-likeness (QED) is 0.819. The lowest BCUT2D eigenvalue weighted by molar-refractivity contribution is -0.131. The van der Waals surface area contributed by atoms with Gasteiger partial charge < -0.3 is 10.2 Å². The second-order valence-corrected chi connectivity index (χ2v) is 5.14. The summed E-state index contributed by atoms with van der Waals surface area (Å²) >= 11 is 0. The van der Waals surface area contributed by atoms with Gasteiger partial charge in [-0.2, -0.15) is 0 Å². The number of nitrogens with one attached hydrogen (secondary N) is 1. The van der Waals surface area contributed by atoms with Crippen LogP contribution in [0.4, 0.5) is 0 Å². The molecule has 4 heteroatoms. The third-order valence-electron chi connectivity index (χ3n) is 3.54. The van der Waals surface area contributed by atoms with Crippen molar-refractivity contribution in [2.45, 2.75) is 32.6 Å². The van der Waals surface area contributed by atoms with Gasteiger partial charge in [0, 0.05) is 13.1 Å². The fourth-order valence-electron chi connectivity index (χ4n) is 2.07. The Labute approximate surface area is 104 Å². The van der Waals surface area contributed by atoms with Gasteiger partial charge >= 0.3 is 0 Å². The average Bonchev–Trinajstić information content (AvgIpc) is 3.02. The third kappa shape index (κ3) is 4.30. The molecule has 1 amide bonds. The van der Waals surface area contributed by atoms with Crippen LogP contribution in [-0.4, -0.2) is 37.0 Å². The summed E-state index contributed by atoms with van der Waals surface area (Å²) in [5.41, 5.74) is 0. The first-order valence-electron chi connectivity index (χ1n) is 6.24. The van der Waals surface area contributed by atoms with E-state index in [1.54, 1.807) is 0 Å². The lowest BCUT2D eigenvalue weighted by atomic mass is 9.99. The highest BCUT2D eigenvalue weighted by Gasteiger charge is 2.22. The molecule has 0 atom stereocenters. The molecule has 94 valence electrons. The molecule has 2 fully saturated rings. The minimum Gasteiger partial charge on any atom is -0.342 e. The summed E-state index contributed by atoms with van der Waals surface area (Å²) in [7, 11) is 0. The molecule has 0 bridgehead atoms. The first-order valence-corrected chi connectivity index (χ1v) is 6.24. The molecule has 16 heavy (non-hydrogen) atoms. The molecule has 0 unspecified atom stereocenters. The minimum atomic E-state index is 0. The highest BCUT2D eigenvalue weighted by Crippen LogP contribution is 2.27. The van der Waals surface area contributed by atoms with E-state index in [9.17, 15) is 4.79 Å². The van der Waals surface area contributed by atoms with E-state index < -0.39 is 0 Å². The highest BCUT2D eigenvalue weighted by atomic mass is 35.5. The smallest absolute Gasteiger partial charge is 0.236 e. The Kier molecular flexibility index (Phi) is 5.56. The standard InChI is InChI=1S/C12H22N2O.ClH/c1-10-4-6-14(7-5-10)12(15)9-13-8-11-2-3-11;/h10-11,13H,2-9H2,1H3;1H. The second kappa shape index (κ2) is 6.45. The summed E-state index contributed by atoms with van der Waals surface area (Å²) in [6, 6.07) is 0. The van der Waals surface area contributed by atoms with Crippen molar-refractivity contribution in [1.82, 2.24) is 10.2 Å². The van der Waals surface area contributed by atoms with Gasteiger partial charge in [0.2, 0.25) is 5.91 Å². The van der Waals surface area contributed by atoms with Crippen molar-refractivity contribution in [2.24, 2.45) is 11.8 Å². The number of amides is 1. The van der Waals surface area contributed by atoms with E-state index in [1.807, 2.05) is 4.90 Å². The van der Waals surface area contributed by atoms with Crippen molar-refractivity contribution < 1.29 is 4.79 Å². The molecule has 0 spiro atoms. The van der Waals surface area contributed by atoms with E-state index in [-0.39, 0.29) is 12.4 Å². The molecule has 0 radical (unpaired) electrons. The lowest BCUT2D eigenvalue weighted by Crippen LogP contribution is -2.42. The Morgan fingerprint density at radius 3 is 2.44 bits per heavy atom. The number of hydrogen-bond acceptors (Lipinski definition) is 2. The van der Waals surface area contributed by atoms with E-state index >= 15 is 0 Å². The van der Waals surface area contributed by atoms with Gasteiger partial charge in [-0.25, -0.2) is 0 Å². The molecule has 2 aliphatic rings. The van der Waals surface area contributed by atoms with Gasteiger partial charge in [0.25, 0.3) is 0 Å². The van der Waals surface area contributed by atoms with Crippen molar-refractivity contribution >= 4 is 18.3 Å². The SMILES string of the molecule is CC1CCN(C(=O)CNCC2CC2)CC1.Cl. The van der Waals surface area contributed by atoms with Crippen molar-refractivity contribution in [3.05, 3.63) is 0 Å². The first-order chi connectivity index (χ1) is 7.25. The van der Waals surface area contributed by atoms with Crippen LogP contribution in [0, 0.1) is 11.8 Å². The number of rotatable bonds is 4. The van der Waals surface area contributed by atoms with Gasteiger partial charge in [0.1, 0.15) is 0 Å². The summed E-state index contributed by atoms with van der Waals surface area (Å²) in [6.07, 6.45) is 5.05. The predicted molar refractivity (Wildman–Crippen MR) is 67.8 cm³/mol. The minimum absolute atomic E-state index is 0. The zero-order valence-corrected chi connectivity index (χ0v) is 10.9. The van der Waals surface area contributed by atoms with Crippen LogP contribution in [0.15, 0.2) is 0 Å². The van der Waals surface area contributed by atoms with E-state index in [4.69, 9.17) is 0 Å². The van der Waals surface area contributed by atoms with Gasteiger partial charge in [-0.05, 0) is 44.1 Å². The first kappa shape index (κ1) is 13.8. The van der Waals surface area contributed by atoms with Crippen molar-refractivity contribution in [2.75, 3.05) is 26.2 Å². The van der Waals surface area contributed by atoms with Crippen LogP contribution in [0.2, 0.25) is 0 Å². The van der Waals surface area contributed by atoms with E-state index in [1.165, 1.54) is 25.7 Å². The molecule has 0 aromatic heterocycles. The summed E-state index contributed by atoms with van der Waals surface area (Å²) in [6.45, 7) is 5.78. The van der Waals surface area contributed by atoms with Crippen molar-refractivity contribution in [3.8, 4) is 0 Å². The van der Waals surface area contributed by atoms with Gasteiger partial charge in [-0.1, -0.05) is 6.92 Å². The Hall–Kier alpha value is -0.280.